The second kappa shape index (κ2) is 14.2. The van der Waals surface area contributed by atoms with Crippen LogP contribution in [0.15, 0.2) is 85.3 Å². The predicted molar refractivity (Wildman–Crippen MR) is 128 cm³/mol. The maximum atomic E-state index is 12.0. The van der Waals surface area contributed by atoms with Crippen LogP contribution < -0.4 is 5.32 Å². The quantitative estimate of drug-likeness (QED) is 0.413. The molecule has 0 spiro atoms. The van der Waals surface area contributed by atoms with Crippen molar-refractivity contribution in [3.05, 3.63) is 90.8 Å². The van der Waals surface area contributed by atoms with E-state index >= 15 is 0 Å². The van der Waals surface area contributed by atoms with Crippen molar-refractivity contribution in [1.82, 2.24) is 10.2 Å². The molecule has 154 valence electrons. The third-order valence-electron chi connectivity index (χ3n) is 4.05. The lowest BCUT2D eigenvalue weighted by atomic mass is 10.1. The summed E-state index contributed by atoms with van der Waals surface area (Å²) in [5.41, 5.74) is 3.84. The number of carbonyl (C=O) groups excluding carboxylic acids is 1. The highest BCUT2D eigenvalue weighted by atomic mass is 32.2. The minimum atomic E-state index is -0.0741. The summed E-state index contributed by atoms with van der Waals surface area (Å²) in [4.78, 5) is 13.5. The molecule has 1 aromatic carbocycles. The fourth-order valence-corrected chi connectivity index (χ4v) is 2.58. The van der Waals surface area contributed by atoms with Crippen molar-refractivity contribution >= 4 is 29.1 Å². The zero-order chi connectivity index (χ0) is 21.5. The number of benzene rings is 1. The summed E-state index contributed by atoms with van der Waals surface area (Å²) in [5.74, 6) is -0.0741. The van der Waals surface area contributed by atoms with Crippen LogP contribution in [0, 0.1) is 0 Å². The molecular weight excluding hydrogens is 378 g/mol. The Kier molecular flexibility index (Phi) is 11.9. The zero-order valence-corrected chi connectivity index (χ0v) is 18.8. The second-order valence-corrected chi connectivity index (χ2v) is 7.12. The van der Waals surface area contributed by atoms with Crippen molar-refractivity contribution in [2.75, 3.05) is 33.7 Å². The normalized spacial score (nSPS) is 13.7. The van der Waals surface area contributed by atoms with Crippen LogP contribution in [-0.2, 0) is 11.2 Å². The maximum absolute atomic E-state index is 12.0. The number of nitrogens with zero attached hydrogens (tertiary/aromatic N) is 2. The Hall–Kier alpha value is -2.79. The van der Waals surface area contributed by atoms with Crippen LogP contribution in [0.2, 0.25) is 0 Å². The zero-order valence-electron chi connectivity index (χ0n) is 18.0. The second-order valence-electron chi connectivity index (χ2n) is 6.31. The van der Waals surface area contributed by atoms with Gasteiger partial charge in [0.1, 0.15) is 7.05 Å². The fourth-order valence-electron chi connectivity index (χ4n) is 2.58. The molecule has 0 bridgehead atoms. The largest absolute Gasteiger partial charge is 0.394 e. The Morgan fingerprint density at radius 1 is 1.10 bits per heavy atom. The SMILES string of the molecule is CNC=CC=CC=CC(=O)N(C)C=CC=CC1=[N+](C)c2ccccc2C1.CSC. The number of fused-ring (bicyclic) bond motifs is 1. The average Bonchev–Trinajstić information content (AvgIpc) is 3.04. The molecule has 5 heteroatoms. The molecule has 0 aromatic heterocycles. The first kappa shape index (κ1) is 24.2. The van der Waals surface area contributed by atoms with Gasteiger partial charge in [-0.05, 0) is 30.9 Å². The molecule has 0 aliphatic carbocycles. The first-order chi connectivity index (χ1) is 14.0. The van der Waals surface area contributed by atoms with Crippen LogP contribution >= 0.6 is 11.8 Å². The molecule has 0 radical (unpaired) electrons. The predicted octanol–water partition coefficient (Wildman–Crippen LogP) is 4.31. The lowest BCUT2D eigenvalue weighted by Gasteiger charge is -2.07. The Labute approximate surface area is 179 Å². The van der Waals surface area contributed by atoms with E-state index in [1.165, 1.54) is 23.0 Å². The van der Waals surface area contributed by atoms with Crippen LogP contribution in [0.1, 0.15) is 5.56 Å². The number of nitrogens with one attached hydrogen (secondary N) is 1. The highest BCUT2D eigenvalue weighted by Gasteiger charge is 2.23. The molecule has 0 saturated carbocycles. The van der Waals surface area contributed by atoms with Gasteiger partial charge in [0.15, 0.2) is 5.71 Å². The third-order valence-corrected chi connectivity index (χ3v) is 4.05. The summed E-state index contributed by atoms with van der Waals surface area (Å²) in [6.45, 7) is 0. The molecule has 0 atom stereocenters. The minimum absolute atomic E-state index is 0.0741. The van der Waals surface area contributed by atoms with Crippen molar-refractivity contribution in [3.8, 4) is 0 Å². The summed E-state index contributed by atoms with van der Waals surface area (Å²) in [6, 6.07) is 8.42. The van der Waals surface area contributed by atoms with E-state index in [4.69, 9.17) is 0 Å². The topological polar surface area (TPSA) is 35.4 Å². The van der Waals surface area contributed by atoms with Crippen LogP contribution in [0.3, 0.4) is 0 Å². The van der Waals surface area contributed by atoms with Gasteiger partial charge in [-0.15, -0.1) is 0 Å². The van der Waals surface area contributed by atoms with E-state index in [9.17, 15) is 4.79 Å². The number of hydrogen-bond acceptors (Lipinski definition) is 3. The molecule has 1 amide bonds. The van der Waals surface area contributed by atoms with E-state index in [1.807, 2.05) is 56.1 Å². The van der Waals surface area contributed by atoms with E-state index in [2.05, 4.69) is 47.3 Å². The number of amides is 1. The fraction of sp³-hybridized carbons (Fsp3) is 0.250. The highest BCUT2D eigenvalue weighted by Crippen LogP contribution is 2.24. The Balaban J connectivity index is 0.00000132. The molecule has 29 heavy (non-hydrogen) atoms. The van der Waals surface area contributed by atoms with Crippen molar-refractivity contribution in [2.45, 2.75) is 6.42 Å². The van der Waals surface area contributed by atoms with Crippen LogP contribution in [0.25, 0.3) is 0 Å². The van der Waals surface area contributed by atoms with Crippen LogP contribution in [0.4, 0.5) is 5.69 Å². The molecule has 2 rings (SSSR count). The van der Waals surface area contributed by atoms with Gasteiger partial charge in [0.25, 0.3) is 0 Å². The molecule has 1 aliphatic rings. The molecule has 0 saturated heterocycles. The number of allylic oxidation sites excluding steroid dienone is 7. The summed E-state index contributed by atoms with van der Waals surface area (Å²) in [7, 11) is 5.66. The molecule has 0 unspecified atom stereocenters. The maximum Gasteiger partial charge on any atom is 0.250 e. The van der Waals surface area contributed by atoms with Gasteiger partial charge in [0.2, 0.25) is 11.6 Å². The number of likely N-dealkylation sites (N-methyl/N-ethyl adjacent to an activating group) is 1. The number of thioether (sulfide) groups is 1. The lowest BCUT2D eigenvalue weighted by Crippen LogP contribution is -2.17. The van der Waals surface area contributed by atoms with Gasteiger partial charge < -0.3 is 10.2 Å². The van der Waals surface area contributed by atoms with E-state index in [0.29, 0.717) is 0 Å². The summed E-state index contributed by atoms with van der Waals surface area (Å²) >= 11 is 1.75. The van der Waals surface area contributed by atoms with Crippen molar-refractivity contribution in [1.29, 1.82) is 0 Å². The van der Waals surface area contributed by atoms with E-state index in [-0.39, 0.29) is 5.91 Å². The molecule has 1 N–H and O–H groups in total. The van der Waals surface area contributed by atoms with Gasteiger partial charge in [-0.3, -0.25) is 4.79 Å². The Morgan fingerprint density at radius 2 is 1.79 bits per heavy atom. The van der Waals surface area contributed by atoms with Gasteiger partial charge in [0, 0.05) is 44.1 Å². The Morgan fingerprint density at radius 3 is 2.48 bits per heavy atom. The van der Waals surface area contributed by atoms with Gasteiger partial charge in [0.05, 0.1) is 6.42 Å². The van der Waals surface area contributed by atoms with Gasteiger partial charge in [-0.25, -0.2) is 0 Å². The van der Waals surface area contributed by atoms with Gasteiger partial charge >= 0.3 is 0 Å². The third kappa shape index (κ3) is 8.83. The van der Waals surface area contributed by atoms with E-state index in [0.717, 1.165) is 6.42 Å². The number of para-hydroxylation sites is 1. The van der Waals surface area contributed by atoms with Gasteiger partial charge in [-0.2, -0.15) is 16.3 Å². The molecule has 1 aromatic rings. The summed E-state index contributed by atoms with van der Waals surface area (Å²) in [5, 5.41) is 2.89. The van der Waals surface area contributed by atoms with E-state index < -0.39 is 0 Å². The number of hydrogen-bond donors (Lipinski definition) is 1. The molecule has 0 fully saturated rings. The van der Waals surface area contributed by atoms with Crippen molar-refractivity contribution in [2.24, 2.45) is 0 Å². The smallest absolute Gasteiger partial charge is 0.250 e. The molecule has 1 heterocycles. The first-order valence-electron chi connectivity index (χ1n) is 9.41. The van der Waals surface area contributed by atoms with Crippen molar-refractivity contribution in [3.63, 3.8) is 0 Å². The summed E-state index contributed by atoms with van der Waals surface area (Å²) < 4.78 is 2.20. The molecule has 4 nitrogen and oxygen atoms in total. The van der Waals surface area contributed by atoms with Crippen molar-refractivity contribution < 1.29 is 9.37 Å². The number of rotatable bonds is 7. The van der Waals surface area contributed by atoms with Crippen LogP contribution in [-0.4, -0.2) is 54.7 Å². The highest BCUT2D eigenvalue weighted by molar-refractivity contribution is 7.97. The molecule has 1 aliphatic heterocycles. The monoisotopic (exact) mass is 410 g/mol. The number of carbonyl (C=O) groups is 1. The standard InChI is InChI=1S/C22H25N3O.C2H6S/c1-23-16-10-5-4-6-15-22(26)24(2)17-11-9-13-20-18-19-12-7-8-14-21(19)25(20)3;1-3-2/h4-17H,18H2,1-3H3;1-2H3/p+1. The average molecular weight is 411 g/mol. The summed E-state index contributed by atoms with van der Waals surface area (Å²) in [6.07, 6.45) is 23.3. The van der Waals surface area contributed by atoms with Gasteiger partial charge in [-0.1, -0.05) is 42.5 Å². The van der Waals surface area contributed by atoms with E-state index in [1.54, 1.807) is 36.0 Å². The van der Waals surface area contributed by atoms with Crippen LogP contribution in [0.5, 0.6) is 0 Å². The lowest BCUT2D eigenvalue weighted by molar-refractivity contribution is -0.400. The molecular formula is C24H32N3OS+. The Bertz CT molecular complexity index is 832. The first-order valence-corrected chi connectivity index (χ1v) is 11.0. The minimum Gasteiger partial charge on any atom is -0.394 e.